The van der Waals surface area contributed by atoms with Crippen molar-refractivity contribution in [3.63, 3.8) is 0 Å². The molecule has 1 N–H and O–H groups in total. The lowest BCUT2D eigenvalue weighted by atomic mass is 10.1. The minimum atomic E-state index is -4.65. The Morgan fingerprint density at radius 1 is 1.43 bits per heavy atom. The summed E-state index contributed by atoms with van der Waals surface area (Å²) in [7, 11) is 3.19. The number of hydrogen-bond acceptors (Lipinski definition) is 2. The van der Waals surface area contributed by atoms with E-state index in [4.69, 9.17) is 5.11 Å². The van der Waals surface area contributed by atoms with Crippen LogP contribution in [0.25, 0.3) is 0 Å². The lowest BCUT2D eigenvalue weighted by Gasteiger charge is -2.17. The van der Waals surface area contributed by atoms with E-state index >= 15 is 0 Å². The number of alkyl halides is 3. The normalized spacial score (nSPS) is 13.6. The van der Waals surface area contributed by atoms with Gasteiger partial charge in [0.25, 0.3) is 0 Å². The van der Waals surface area contributed by atoms with Crippen molar-refractivity contribution in [1.29, 1.82) is 0 Å². The highest BCUT2D eigenvalue weighted by Gasteiger charge is 2.44. The molecule has 0 bridgehead atoms. The number of rotatable bonds is 4. The summed E-state index contributed by atoms with van der Waals surface area (Å²) in [4.78, 5) is 11.7. The second-order valence-corrected chi connectivity index (χ2v) is 3.02. The van der Waals surface area contributed by atoms with Crippen LogP contribution in [0, 0.1) is 5.92 Å². The van der Waals surface area contributed by atoms with Crippen molar-refractivity contribution >= 4 is 18.4 Å². The zero-order chi connectivity index (χ0) is 10.6. The average Bonchev–Trinajstić information content (AvgIpc) is 1.81. The van der Waals surface area contributed by atoms with Gasteiger partial charge in [-0.15, -0.1) is 12.4 Å². The van der Waals surface area contributed by atoms with Crippen LogP contribution in [-0.2, 0) is 4.79 Å². The van der Waals surface area contributed by atoms with E-state index in [1.54, 1.807) is 14.1 Å². The van der Waals surface area contributed by atoms with Gasteiger partial charge in [0, 0.05) is 0 Å². The fraction of sp³-hybridized carbons (Fsp3) is 0.857. The number of halogens is 4. The Labute approximate surface area is 86.3 Å². The minimum Gasteiger partial charge on any atom is -0.481 e. The molecule has 0 aromatic heterocycles. The Morgan fingerprint density at radius 3 is 2.07 bits per heavy atom. The maximum absolute atomic E-state index is 12.0. The molecule has 0 aromatic rings. The van der Waals surface area contributed by atoms with Crippen LogP contribution in [0.5, 0.6) is 0 Å². The van der Waals surface area contributed by atoms with Gasteiger partial charge in [-0.2, -0.15) is 13.2 Å². The van der Waals surface area contributed by atoms with Crippen LogP contribution in [0.15, 0.2) is 0 Å². The van der Waals surface area contributed by atoms with Crippen LogP contribution in [0.1, 0.15) is 6.42 Å². The fourth-order valence-electron chi connectivity index (χ4n) is 0.814. The van der Waals surface area contributed by atoms with Gasteiger partial charge in [-0.25, -0.2) is 0 Å². The first-order valence-corrected chi connectivity index (χ1v) is 3.69. The van der Waals surface area contributed by atoms with Crippen LogP contribution in [0.3, 0.4) is 0 Å². The average molecular weight is 236 g/mol. The van der Waals surface area contributed by atoms with Crippen molar-refractivity contribution in [2.45, 2.75) is 12.6 Å². The maximum atomic E-state index is 12.0. The molecule has 1 atom stereocenters. The van der Waals surface area contributed by atoms with Gasteiger partial charge in [0.2, 0.25) is 0 Å². The number of hydrogen-bond donors (Lipinski definition) is 1. The summed E-state index contributed by atoms with van der Waals surface area (Å²) >= 11 is 0. The molecule has 0 aliphatic rings. The van der Waals surface area contributed by atoms with E-state index in [1.807, 2.05) is 0 Å². The molecule has 0 heterocycles. The molecule has 0 aromatic carbocycles. The number of nitrogens with zero attached hydrogens (tertiary/aromatic N) is 1. The maximum Gasteiger partial charge on any atom is 0.402 e. The van der Waals surface area contributed by atoms with Crippen molar-refractivity contribution in [2.75, 3.05) is 20.6 Å². The summed E-state index contributed by atoms with van der Waals surface area (Å²) in [6.07, 6.45) is -5.06. The quantitative estimate of drug-likeness (QED) is 0.805. The Hall–Kier alpha value is -0.490. The number of carboxylic acids is 1. The van der Waals surface area contributed by atoms with Crippen LogP contribution in [0.4, 0.5) is 13.2 Å². The number of carboxylic acid groups (broad SMARTS) is 1. The van der Waals surface area contributed by atoms with Gasteiger partial charge in [-0.3, -0.25) is 4.79 Å². The van der Waals surface area contributed by atoms with Crippen molar-refractivity contribution in [1.82, 2.24) is 4.90 Å². The minimum absolute atomic E-state index is 0. The van der Waals surface area contributed by atoms with Crippen molar-refractivity contribution in [2.24, 2.45) is 5.92 Å². The van der Waals surface area contributed by atoms with Gasteiger partial charge in [0.15, 0.2) is 5.92 Å². The van der Waals surface area contributed by atoms with E-state index in [0.717, 1.165) is 0 Å². The molecule has 7 heteroatoms. The van der Waals surface area contributed by atoms with Crippen LogP contribution >= 0.6 is 12.4 Å². The first-order valence-electron chi connectivity index (χ1n) is 3.69. The SMILES string of the molecule is CN(C)CC[C@H](C(=O)O)C(F)(F)F.Cl. The van der Waals surface area contributed by atoms with E-state index < -0.39 is 24.5 Å². The monoisotopic (exact) mass is 235 g/mol. The molecule has 0 fully saturated rings. The second kappa shape index (κ2) is 6.08. The van der Waals surface area contributed by atoms with Gasteiger partial charge in [-0.1, -0.05) is 0 Å². The van der Waals surface area contributed by atoms with E-state index in [-0.39, 0.29) is 19.0 Å². The molecule has 0 spiro atoms. The molecule has 14 heavy (non-hydrogen) atoms. The van der Waals surface area contributed by atoms with Gasteiger partial charge in [0.05, 0.1) is 0 Å². The molecule has 0 saturated heterocycles. The summed E-state index contributed by atoms with van der Waals surface area (Å²) in [5.74, 6) is -4.07. The predicted octanol–water partition coefficient (Wildman–Crippen LogP) is 1.62. The predicted molar refractivity (Wildman–Crippen MR) is 47.6 cm³/mol. The Bertz CT molecular complexity index is 184. The van der Waals surface area contributed by atoms with Crippen LogP contribution in [-0.4, -0.2) is 42.8 Å². The highest BCUT2D eigenvalue weighted by Crippen LogP contribution is 2.28. The largest absolute Gasteiger partial charge is 0.481 e. The zero-order valence-corrected chi connectivity index (χ0v) is 8.65. The van der Waals surface area contributed by atoms with E-state index in [0.29, 0.717) is 0 Å². The molecule has 3 nitrogen and oxygen atoms in total. The molecule has 0 unspecified atom stereocenters. The summed E-state index contributed by atoms with van der Waals surface area (Å²) in [6, 6.07) is 0. The Balaban J connectivity index is 0. The molecule has 86 valence electrons. The Kier molecular flexibility index (Phi) is 6.93. The first kappa shape index (κ1) is 16.0. The fourth-order valence-corrected chi connectivity index (χ4v) is 0.814. The number of aliphatic carboxylic acids is 1. The van der Waals surface area contributed by atoms with Gasteiger partial charge in [0.1, 0.15) is 0 Å². The highest BCUT2D eigenvalue weighted by atomic mass is 35.5. The molecule has 0 aliphatic carbocycles. The van der Waals surface area contributed by atoms with E-state index in [9.17, 15) is 18.0 Å². The first-order chi connectivity index (χ1) is 5.75. The lowest BCUT2D eigenvalue weighted by Crippen LogP contribution is -2.33. The van der Waals surface area contributed by atoms with Crippen LogP contribution < -0.4 is 0 Å². The second-order valence-electron chi connectivity index (χ2n) is 3.02. The molecule has 0 amide bonds. The van der Waals surface area contributed by atoms with Gasteiger partial charge >= 0.3 is 12.1 Å². The third-order valence-electron chi connectivity index (χ3n) is 1.56. The summed E-state index contributed by atoms with van der Waals surface area (Å²) in [6.45, 7) is 0.108. The highest BCUT2D eigenvalue weighted by molar-refractivity contribution is 5.85. The van der Waals surface area contributed by atoms with Crippen molar-refractivity contribution < 1.29 is 23.1 Å². The third kappa shape index (κ3) is 6.04. The topological polar surface area (TPSA) is 40.5 Å². The van der Waals surface area contributed by atoms with Gasteiger partial charge in [-0.05, 0) is 27.1 Å². The van der Waals surface area contributed by atoms with Gasteiger partial charge < -0.3 is 10.0 Å². The third-order valence-corrected chi connectivity index (χ3v) is 1.56. The lowest BCUT2D eigenvalue weighted by molar-refractivity contribution is -0.195. The summed E-state index contributed by atoms with van der Waals surface area (Å²) in [5.41, 5.74) is 0. The number of carbonyl (C=O) groups is 1. The smallest absolute Gasteiger partial charge is 0.402 e. The summed E-state index contributed by atoms with van der Waals surface area (Å²) < 4.78 is 36.1. The molecular formula is C7H13ClF3NO2. The van der Waals surface area contributed by atoms with Crippen molar-refractivity contribution in [3.05, 3.63) is 0 Å². The molecular weight excluding hydrogens is 223 g/mol. The molecule has 0 aliphatic heterocycles. The standard InChI is InChI=1S/C7H12F3NO2.ClH/c1-11(2)4-3-5(6(12)13)7(8,9)10;/h5H,3-4H2,1-2H3,(H,12,13);1H/t5-;/m1./s1. The van der Waals surface area contributed by atoms with E-state index in [1.165, 1.54) is 4.90 Å². The zero-order valence-electron chi connectivity index (χ0n) is 7.84. The molecule has 0 saturated carbocycles. The van der Waals surface area contributed by atoms with Crippen LogP contribution in [0.2, 0.25) is 0 Å². The van der Waals surface area contributed by atoms with Crippen molar-refractivity contribution in [3.8, 4) is 0 Å². The van der Waals surface area contributed by atoms with E-state index in [2.05, 4.69) is 0 Å². The molecule has 0 radical (unpaired) electrons. The molecule has 0 rings (SSSR count). The summed E-state index contributed by atoms with van der Waals surface area (Å²) in [5, 5.41) is 8.28. The Morgan fingerprint density at radius 2 is 1.86 bits per heavy atom.